The zero-order chi connectivity index (χ0) is 20.8. The second kappa shape index (κ2) is 7.09. The van der Waals surface area contributed by atoms with Crippen LogP contribution < -0.4 is 10.6 Å². The number of rotatable bonds is 3. The van der Waals surface area contributed by atoms with E-state index in [0.717, 1.165) is 63.4 Å². The predicted molar refractivity (Wildman–Crippen MR) is 123 cm³/mol. The molecule has 0 bridgehead atoms. The van der Waals surface area contributed by atoms with Crippen LogP contribution in [-0.2, 0) is 0 Å². The third-order valence-electron chi connectivity index (χ3n) is 5.95. The first-order valence-corrected chi connectivity index (χ1v) is 10.5. The van der Waals surface area contributed by atoms with Crippen molar-refractivity contribution in [3.05, 3.63) is 49.1 Å². The van der Waals surface area contributed by atoms with Gasteiger partial charge >= 0.3 is 0 Å². The van der Waals surface area contributed by atoms with E-state index >= 15 is 0 Å². The molecule has 1 fully saturated rings. The minimum Gasteiger partial charge on any atom is -0.397 e. The van der Waals surface area contributed by atoms with Gasteiger partial charge in [0.15, 0.2) is 5.82 Å². The van der Waals surface area contributed by atoms with Gasteiger partial charge in [0.25, 0.3) is 0 Å². The van der Waals surface area contributed by atoms with Crippen molar-refractivity contribution in [3.63, 3.8) is 0 Å². The maximum absolute atomic E-state index is 5.92. The number of H-pyrrole nitrogens is 2. The van der Waals surface area contributed by atoms with Gasteiger partial charge < -0.3 is 15.6 Å². The minimum atomic E-state index is 0.639. The van der Waals surface area contributed by atoms with Gasteiger partial charge in [0.1, 0.15) is 11.2 Å². The first kappa shape index (κ1) is 17.9. The lowest BCUT2D eigenvalue weighted by Gasteiger charge is -2.28. The molecule has 5 heterocycles. The Morgan fingerprint density at radius 3 is 2.61 bits per heavy atom. The SMILES string of the molecule is Nc1cncc(-c2ccc3[nH]nc(-c4nc5c(N6CCCCC6)cncc5[nH]4)c3c2)c1. The topological polar surface area (TPSA) is 112 Å². The Morgan fingerprint density at radius 1 is 0.871 bits per heavy atom. The lowest BCUT2D eigenvalue weighted by atomic mass is 10.0. The van der Waals surface area contributed by atoms with Gasteiger partial charge in [-0.25, -0.2) is 4.98 Å². The van der Waals surface area contributed by atoms with Crippen LogP contribution in [0.1, 0.15) is 19.3 Å². The van der Waals surface area contributed by atoms with Gasteiger partial charge in [0.2, 0.25) is 0 Å². The number of benzene rings is 1. The van der Waals surface area contributed by atoms with Crippen molar-refractivity contribution in [1.29, 1.82) is 0 Å². The lowest BCUT2D eigenvalue weighted by Crippen LogP contribution is -2.29. The molecule has 4 N–H and O–H groups in total. The van der Waals surface area contributed by atoms with E-state index in [0.29, 0.717) is 5.69 Å². The van der Waals surface area contributed by atoms with Gasteiger partial charge in [-0.3, -0.25) is 15.1 Å². The molecule has 1 aliphatic heterocycles. The number of nitrogens with zero attached hydrogens (tertiary/aromatic N) is 5. The lowest BCUT2D eigenvalue weighted by molar-refractivity contribution is 0.578. The summed E-state index contributed by atoms with van der Waals surface area (Å²) < 4.78 is 0. The molecule has 0 aliphatic carbocycles. The van der Waals surface area contributed by atoms with Gasteiger partial charge in [-0.05, 0) is 43.0 Å². The summed E-state index contributed by atoms with van der Waals surface area (Å²) in [5, 5.41) is 8.68. The number of anilines is 2. The van der Waals surface area contributed by atoms with Crippen LogP contribution in [0.2, 0.25) is 0 Å². The Labute approximate surface area is 178 Å². The number of nitrogens with one attached hydrogen (secondary N) is 2. The molecular weight excluding hydrogens is 388 g/mol. The largest absolute Gasteiger partial charge is 0.397 e. The van der Waals surface area contributed by atoms with Crippen LogP contribution in [0.25, 0.3) is 44.6 Å². The molecular formula is C23H22N8. The number of hydrogen-bond acceptors (Lipinski definition) is 6. The highest BCUT2D eigenvalue weighted by Gasteiger charge is 2.19. The summed E-state index contributed by atoms with van der Waals surface area (Å²) in [4.78, 5) is 19.4. The summed E-state index contributed by atoms with van der Waals surface area (Å²) in [6.07, 6.45) is 10.9. The Kier molecular flexibility index (Phi) is 4.09. The number of pyridine rings is 2. The Balaban J connectivity index is 1.46. The monoisotopic (exact) mass is 410 g/mol. The number of aromatic amines is 2. The molecule has 1 saturated heterocycles. The molecule has 8 nitrogen and oxygen atoms in total. The molecule has 0 spiro atoms. The standard InChI is InChI=1S/C23H22N8/c24-16-8-15(10-25-11-16)14-4-5-18-17(9-14)21(30-29-18)23-27-19-12-26-13-20(22(19)28-23)31-6-2-1-3-7-31/h4-5,8-13H,1-3,6-7,24H2,(H,27,28)(H,29,30). The first-order chi connectivity index (χ1) is 15.3. The van der Waals surface area contributed by atoms with Crippen molar-refractivity contribution in [2.45, 2.75) is 19.3 Å². The third kappa shape index (κ3) is 3.07. The number of fused-ring (bicyclic) bond motifs is 2. The highest BCUT2D eigenvalue weighted by molar-refractivity contribution is 5.97. The van der Waals surface area contributed by atoms with Crippen LogP contribution >= 0.6 is 0 Å². The fraction of sp³-hybridized carbons (Fsp3) is 0.217. The van der Waals surface area contributed by atoms with E-state index in [1.54, 1.807) is 6.20 Å². The summed E-state index contributed by atoms with van der Waals surface area (Å²) in [6.45, 7) is 2.10. The number of hydrogen-bond donors (Lipinski definition) is 3. The van der Waals surface area contributed by atoms with Gasteiger partial charge in [0.05, 0.1) is 34.8 Å². The Morgan fingerprint density at radius 2 is 1.74 bits per heavy atom. The molecule has 1 aliphatic rings. The van der Waals surface area contributed by atoms with Crippen LogP contribution in [0, 0.1) is 0 Å². The fourth-order valence-corrected chi connectivity index (χ4v) is 4.39. The molecule has 8 heteroatoms. The van der Waals surface area contributed by atoms with Gasteiger partial charge in [-0.2, -0.15) is 5.10 Å². The van der Waals surface area contributed by atoms with Crippen molar-refractivity contribution in [2.24, 2.45) is 0 Å². The molecule has 154 valence electrons. The van der Waals surface area contributed by atoms with Crippen molar-refractivity contribution in [2.75, 3.05) is 23.7 Å². The van der Waals surface area contributed by atoms with Gasteiger partial charge in [0, 0.05) is 36.4 Å². The van der Waals surface area contributed by atoms with Crippen LogP contribution in [0.3, 0.4) is 0 Å². The van der Waals surface area contributed by atoms with Crippen molar-refractivity contribution < 1.29 is 0 Å². The molecule has 5 aromatic rings. The summed E-state index contributed by atoms with van der Waals surface area (Å²) in [5.74, 6) is 0.732. The maximum atomic E-state index is 5.92. The van der Waals surface area contributed by atoms with Crippen molar-refractivity contribution >= 4 is 33.3 Å². The second-order valence-corrected chi connectivity index (χ2v) is 8.03. The summed E-state index contributed by atoms with van der Waals surface area (Å²) in [7, 11) is 0. The van der Waals surface area contributed by atoms with E-state index in [1.165, 1.54) is 19.3 Å². The zero-order valence-electron chi connectivity index (χ0n) is 17.0. The number of imidazole rings is 1. The number of aromatic nitrogens is 6. The minimum absolute atomic E-state index is 0.639. The average Bonchev–Trinajstić information content (AvgIpc) is 3.43. The molecule has 4 aromatic heterocycles. The number of piperidine rings is 1. The predicted octanol–water partition coefficient (Wildman–Crippen LogP) is 4.14. The van der Waals surface area contributed by atoms with E-state index in [2.05, 4.69) is 36.1 Å². The first-order valence-electron chi connectivity index (χ1n) is 10.5. The van der Waals surface area contributed by atoms with Crippen molar-refractivity contribution in [3.8, 4) is 22.6 Å². The average molecular weight is 410 g/mol. The van der Waals surface area contributed by atoms with Gasteiger partial charge in [-0.15, -0.1) is 0 Å². The number of nitrogens with two attached hydrogens (primary N) is 1. The Hall–Kier alpha value is -3.94. The van der Waals surface area contributed by atoms with E-state index in [4.69, 9.17) is 10.7 Å². The highest BCUT2D eigenvalue weighted by Crippen LogP contribution is 2.33. The summed E-state index contributed by atoms with van der Waals surface area (Å²) in [5.41, 5.74) is 13.2. The van der Waals surface area contributed by atoms with Crippen LogP contribution in [0.4, 0.5) is 11.4 Å². The van der Waals surface area contributed by atoms with Crippen molar-refractivity contribution in [1.82, 2.24) is 30.1 Å². The second-order valence-electron chi connectivity index (χ2n) is 8.03. The molecule has 0 unspecified atom stereocenters. The summed E-state index contributed by atoms with van der Waals surface area (Å²) in [6, 6.07) is 8.08. The molecule has 6 rings (SSSR count). The smallest absolute Gasteiger partial charge is 0.159 e. The number of nitrogen functional groups attached to an aromatic ring is 1. The molecule has 0 atom stereocenters. The molecule has 31 heavy (non-hydrogen) atoms. The Bertz CT molecular complexity index is 1390. The van der Waals surface area contributed by atoms with E-state index in [1.807, 2.05) is 36.8 Å². The molecule has 0 saturated carbocycles. The van der Waals surface area contributed by atoms with Crippen LogP contribution in [-0.4, -0.2) is 43.2 Å². The highest BCUT2D eigenvalue weighted by atomic mass is 15.2. The fourth-order valence-electron chi connectivity index (χ4n) is 4.39. The molecule has 0 radical (unpaired) electrons. The maximum Gasteiger partial charge on any atom is 0.159 e. The normalized spacial score (nSPS) is 14.5. The molecule has 0 amide bonds. The van der Waals surface area contributed by atoms with E-state index in [9.17, 15) is 0 Å². The zero-order valence-corrected chi connectivity index (χ0v) is 17.0. The quantitative estimate of drug-likeness (QED) is 0.412. The van der Waals surface area contributed by atoms with Crippen LogP contribution in [0.15, 0.2) is 49.1 Å². The summed E-state index contributed by atoms with van der Waals surface area (Å²) >= 11 is 0. The third-order valence-corrected chi connectivity index (χ3v) is 5.95. The van der Waals surface area contributed by atoms with Crippen LogP contribution in [0.5, 0.6) is 0 Å². The van der Waals surface area contributed by atoms with E-state index < -0.39 is 0 Å². The molecule has 1 aromatic carbocycles. The van der Waals surface area contributed by atoms with Gasteiger partial charge in [-0.1, -0.05) is 6.07 Å². The van der Waals surface area contributed by atoms with E-state index in [-0.39, 0.29) is 0 Å².